The third kappa shape index (κ3) is 0.983. The summed E-state index contributed by atoms with van der Waals surface area (Å²) >= 11 is 0. The first-order valence-corrected chi connectivity index (χ1v) is 4.84. The highest BCUT2D eigenvalue weighted by Gasteiger charge is 2.54. The topological polar surface area (TPSA) is 57.9 Å². The maximum absolute atomic E-state index is 5.65. The number of hydrogen-bond acceptors (Lipinski definition) is 3. The summed E-state index contributed by atoms with van der Waals surface area (Å²) in [5.74, 6) is 2.53. The van der Waals surface area contributed by atoms with Crippen molar-refractivity contribution in [3.8, 4) is 0 Å². The number of nitrogens with one attached hydrogen (secondary N) is 1. The second kappa shape index (κ2) is 2.48. The van der Waals surface area contributed by atoms with Gasteiger partial charge in [-0.1, -0.05) is 0 Å². The van der Waals surface area contributed by atoms with Gasteiger partial charge < -0.3 is 10.6 Å². The number of nitrogens with two attached hydrogens (primary N) is 1. The summed E-state index contributed by atoms with van der Waals surface area (Å²) in [5, 5.41) is 6.80. The minimum absolute atomic E-state index is 0.808. The molecule has 0 spiro atoms. The van der Waals surface area contributed by atoms with Crippen molar-refractivity contribution in [2.75, 3.05) is 24.5 Å². The van der Waals surface area contributed by atoms with Gasteiger partial charge in [0.05, 0.1) is 11.9 Å². The largest absolute Gasteiger partial charge is 0.368 e. The van der Waals surface area contributed by atoms with E-state index in [1.54, 1.807) is 0 Å². The average Bonchev–Trinajstić information content (AvgIpc) is 2.68. The Morgan fingerprint density at radius 2 is 2.31 bits per heavy atom. The van der Waals surface area contributed by atoms with Crippen LogP contribution < -0.4 is 10.6 Å². The van der Waals surface area contributed by atoms with E-state index in [0.717, 1.165) is 24.3 Å². The molecule has 1 aromatic rings. The Hall–Kier alpha value is -1.03. The number of rotatable bonds is 2. The molecule has 4 nitrogen and oxygen atoms in total. The summed E-state index contributed by atoms with van der Waals surface area (Å²) < 4.78 is 0. The molecule has 1 saturated heterocycles. The Morgan fingerprint density at radius 3 is 2.85 bits per heavy atom. The molecule has 2 atom stereocenters. The quantitative estimate of drug-likeness (QED) is 0.672. The minimum Gasteiger partial charge on any atom is -0.368 e. The molecule has 2 fully saturated rings. The van der Waals surface area contributed by atoms with Crippen LogP contribution in [0.25, 0.3) is 0 Å². The fourth-order valence-corrected chi connectivity index (χ4v) is 2.63. The van der Waals surface area contributed by atoms with Crippen LogP contribution in [0, 0.1) is 17.8 Å². The lowest BCUT2D eigenvalue weighted by Gasteiger charge is -2.19. The van der Waals surface area contributed by atoms with E-state index in [2.05, 4.69) is 15.1 Å². The van der Waals surface area contributed by atoms with E-state index in [-0.39, 0.29) is 0 Å². The molecule has 2 heterocycles. The maximum atomic E-state index is 5.65. The molecule has 0 bridgehead atoms. The Labute approximate surface area is 77.1 Å². The van der Waals surface area contributed by atoms with Crippen LogP contribution in [0.1, 0.15) is 0 Å². The highest BCUT2D eigenvalue weighted by molar-refractivity contribution is 5.45. The first-order valence-electron chi connectivity index (χ1n) is 4.84. The smallest absolute Gasteiger partial charge is 0.0749 e. The van der Waals surface area contributed by atoms with Crippen LogP contribution in [0.2, 0.25) is 0 Å². The first kappa shape index (κ1) is 7.38. The minimum atomic E-state index is 0.808. The van der Waals surface area contributed by atoms with Crippen LogP contribution in [0.3, 0.4) is 0 Å². The van der Waals surface area contributed by atoms with Crippen molar-refractivity contribution in [3.63, 3.8) is 0 Å². The number of fused-ring (bicyclic) bond motifs is 1. The monoisotopic (exact) mass is 178 g/mol. The van der Waals surface area contributed by atoms with Crippen molar-refractivity contribution >= 4 is 5.69 Å². The fraction of sp³-hybridized carbons (Fsp3) is 0.667. The van der Waals surface area contributed by atoms with Crippen molar-refractivity contribution < 1.29 is 0 Å². The van der Waals surface area contributed by atoms with Crippen LogP contribution in [0.4, 0.5) is 5.69 Å². The van der Waals surface area contributed by atoms with Crippen LogP contribution in [-0.4, -0.2) is 29.8 Å². The van der Waals surface area contributed by atoms with Crippen molar-refractivity contribution in [3.05, 3.63) is 12.4 Å². The number of piperidine rings is 1. The van der Waals surface area contributed by atoms with Gasteiger partial charge in [0, 0.05) is 19.3 Å². The van der Waals surface area contributed by atoms with E-state index >= 15 is 0 Å². The third-order valence-electron chi connectivity index (χ3n) is 3.49. The van der Waals surface area contributed by atoms with E-state index in [4.69, 9.17) is 5.73 Å². The summed E-state index contributed by atoms with van der Waals surface area (Å²) in [7, 11) is 0. The summed E-state index contributed by atoms with van der Waals surface area (Å²) in [4.78, 5) is 2.39. The molecule has 3 rings (SSSR count). The lowest BCUT2D eigenvalue weighted by molar-refractivity contribution is 0.648. The Balaban J connectivity index is 1.68. The zero-order chi connectivity index (χ0) is 8.84. The van der Waals surface area contributed by atoms with Crippen LogP contribution in [0.15, 0.2) is 12.4 Å². The van der Waals surface area contributed by atoms with Crippen molar-refractivity contribution in [2.45, 2.75) is 0 Å². The summed E-state index contributed by atoms with van der Waals surface area (Å²) in [5.41, 5.74) is 6.88. The van der Waals surface area contributed by atoms with Gasteiger partial charge in [0.25, 0.3) is 0 Å². The van der Waals surface area contributed by atoms with Crippen molar-refractivity contribution in [1.29, 1.82) is 0 Å². The molecule has 70 valence electrons. The molecule has 1 saturated carbocycles. The summed E-state index contributed by atoms with van der Waals surface area (Å²) in [6.07, 6.45) is 3.85. The molecular formula is C9H14N4. The van der Waals surface area contributed by atoms with E-state index in [1.165, 1.54) is 18.8 Å². The molecule has 0 radical (unpaired) electrons. The van der Waals surface area contributed by atoms with Crippen LogP contribution in [-0.2, 0) is 0 Å². The normalized spacial score (nSPS) is 36.4. The van der Waals surface area contributed by atoms with Gasteiger partial charge in [0.1, 0.15) is 0 Å². The second-order valence-corrected chi connectivity index (χ2v) is 4.09. The second-order valence-electron chi connectivity index (χ2n) is 4.09. The van der Waals surface area contributed by atoms with Gasteiger partial charge in [-0.3, -0.25) is 5.10 Å². The summed E-state index contributed by atoms with van der Waals surface area (Å²) in [6, 6.07) is 0. The van der Waals surface area contributed by atoms with Gasteiger partial charge >= 0.3 is 0 Å². The molecule has 1 aromatic heterocycles. The average molecular weight is 178 g/mol. The number of H-pyrrole nitrogens is 1. The first-order chi connectivity index (χ1) is 6.40. The molecule has 4 heteroatoms. The Morgan fingerprint density at radius 1 is 1.54 bits per heavy atom. The molecule has 3 N–H and O–H groups in total. The molecule has 2 aliphatic rings. The fourth-order valence-electron chi connectivity index (χ4n) is 2.63. The van der Waals surface area contributed by atoms with E-state index < -0.39 is 0 Å². The lowest BCUT2D eigenvalue weighted by atomic mass is 10.2. The van der Waals surface area contributed by atoms with Gasteiger partial charge in [0.15, 0.2) is 0 Å². The number of nitrogens with zero attached hydrogens (tertiary/aromatic N) is 2. The van der Waals surface area contributed by atoms with Gasteiger partial charge in [-0.2, -0.15) is 5.10 Å². The summed E-state index contributed by atoms with van der Waals surface area (Å²) in [6.45, 7) is 3.21. The molecule has 1 aliphatic carbocycles. The molecule has 1 aliphatic heterocycles. The van der Waals surface area contributed by atoms with E-state index in [0.29, 0.717) is 0 Å². The zero-order valence-corrected chi connectivity index (χ0v) is 7.48. The van der Waals surface area contributed by atoms with Gasteiger partial charge in [-0.05, 0) is 24.3 Å². The van der Waals surface area contributed by atoms with Gasteiger partial charge in [-0.25, -0.2) is 0 Å². The van der Waals surface area contributed by atoms with Crippen molar-refractivity contribution in [2.24, 2.45) is 23.5 Å². The third-order valence-corrected chi connectivity index (χ3v) is 3.49. The lowest BCUT2D eigenvalue weighted by Crippen LogP contribution is -2.25. The van der Waals surface area contributed by atoms with E-state index in [9.17, 15) is 0 Å². The molecule has 13 heavy (non-hydrogen) atoms. The highest BCUT2D eigenvalue weighted by Crippen LogP contribution is 2.51. The Bertz CT molecular complexity index is 283. The van der Waals surface area contributed by atoms with Gasteiger partial charge in [0.2, 0.25) is 0 Å². The van der Waals surface area contributed by atoms with E-state index in [1.807, 2.05) is 12.4 Å². The SMILES string of the molecule is NCC1C2CN(c3cn[nH]c3)CC12. The number of aromatic amines is 1. The number of anilines is 1. The van der Waals surface area contributed by atoms with Crippen LogP contribution in [0.5, 0.6) is 0 Å². The zero-order valence-electron chi connectivity index (χ0n) is 7.48. The predicted octanol–water partition coefficient (Wildman–Crippen LogP) is 0.0506. The molecule has 0 amide bonds. The molecular weight excluding hydrogens is 164 g/mol. The predicted molar refractivity (Wildman–Crippen MR) is 50.3 cm³/mol. The van der Waals surface area contributed by atoms with Gasteiger partial charge in [-0.15, -0.1) is 0 Å². The van der Waals surface area contributed by atoms with Crippen molar-refractivity contribution in [1.82, 2.24) is 10.2 Å². The Kier molecular flexibility index (Phi) is 1.41. The molecule has 0 aromatic carbocycles. The standard InChI is InChI=1S/C9H14N4/c10-1-7-8-4-13(5-9(7)8)6-2-11-12-3-6/h2-3,7-9H,1,4-5,10H2,(H,11,12). The van der Waals surface area contributed by atoms with Crippen LogP contribution >= 0.6 is 0 Å². The number of hydrogen-bond donors (Lipinski definition) is 2. The number of aromatic nitrogens is 2. The molecule has 2 unspecified atom stereocenters. The maximum Gasteiger partial charge on any atom is 0.0749 e. The highest BCUT2D eigenvalue weighted by atomic mass is 15.2.